The van der Waals surface area contributed by atoms with E-state index in [1.807, 2.05) is 0 Å². The van der Waals surface area contributed by atoms with Crippen molar-refractivity contribution in [2.75, 3.05) is 6.54 Å². The van der Waals surface area contributed by atoms with Gasteiger partial charge in [-0.2, -0.15) is 8.78 Å². The maximum atomic E-state index is 12.4. The number of pyridine rings is 1. The third-order valence-corrected chi connectivity index (χ3v) is 2.92. The molecule has 0 radical (unpaired) electrons. The second kappa shape index (κ2) is 7.78. The van der Waals surface area contributed by atoms with Gasteiger partial charge < -0.3 is 10.1 Å². The molecule has 5 nitrogen and oxygen atoms in total. The summed E-state index contributed by atoms with van der Waals surface area (Å²) >= 11 is 0.153. The Morgan fingerprint density at radius 1 is 1.50 bits per heavy atom. The zero-order valence-corrected chi connectivity index (χ0v) is 11.7. The second-order valence-corrected chi connectivity index (χ2v) is 4.66. The van der Waals surface area contributed by atoms with Crippen molar-refractivity contribution in [1.29, 1.82) is 0 Å². The number of thioether (sulfide) groups is 1. The third-order valence-electron chi connectivity index (χ3n) is 2.20. The average Bonchev–Trinajstić information content (AvgIpc) is 2.38. The SMILES string of the molecule is CCNC(=O)[C@@H](C)OC(=O)c1cccnc1SC(F)F. The number of alkyl halides is 2. The molecule has 1 rings (SSSR count). The Morgan fingerprint density at radius 2 is 2.20 bits per heavy atom. The number of carbonyl (C=O) groups excluding carboxylic acids is 2. The molecule has 20 heavy (non-hydrogen) atoms. The first-order chi connectivity index (χ1) is 9.45. The van der Waals surface area contributed by atoms with E-state index in [0.717, 1.165) is 0 Å². The molecule has 0 fully saturated rings. The van der Waals surface area contributed by atoms with Crippen LogP contribution in [0.2, 0.25) is 0 Å². The molecule has 0 aliphatic carbocycles. The van der Waals surface area contributed by atoms with E-state index >= 15 is 0 Å². The van der Waals surface area contributed by atoms with Crippen molar-refractivity contribution in [1.82, 2.24) is 10.3 Å². The van der Waals surface area contributed by atoms with E-state index in [4.69, 9.17) is 4.74 Å². The van der Waals surface area contributed by atoms with Crippen LogP contribution in [0.5, 0.6) is 0 Å². The number of esters is 1. The number of likely N-dealkylation sites (N-methyl/N-ethyl adjacent to an activating group) is 1. The predicted octanol–water partition coefficient (Wildman–Crippen LogP) is 2.08. The third kappa shape index (κ3) is 4.76. The molecule has 0 bridgehead atoms. The quantitative estimate of drug-likeness (QED) is 0.644. The van der Waals surface area contributed by atoms with Gasteiger partial charge in [-0.05, 0) is 37.7 Å². The molecule has 110 valence electrons. The summed E-state index contributed by atoms with van der Waals surface area (Å²) in [6.45, 7) is 3.53. The predicted molar refractivity (Wildman–Crippen MR) is 69.7 cm³/mol. The zero-order valence-electron chi connectivity index (χ0n) is 10.9. The lowest BCUT2D eigenvalue weighted by Crippen LogP contribution is -2.35. The molecule has 1 N–H and O–H groups in total. The van der Waals surface area contributed by atoms with Crippen LogP contribution in [0.1, 0.15) is 24.2 Å². The molecule has 0 saturated carbocycles. The average molecular weight is 304 g/mol. The van der Waals surface area contributed by atoms with Crippen LogP contribution in [0.4, 0.5) is 8.78 Å². The van der Waals surface area contributed by atoms with Crippen molar-refractivity contribution >= 4 is 23.6 Å². The number of halogens is 2. The number of nitrogens with zero attached hydrogens (tertiary/aromatic N) is 1. The normalized spacial score (nSPS) is 12.1. The van der Waals surface area contributed by atoms with Gasteiger partial charge in [0.1, 0.15) is 5.03 Å². The van der Waals surface area contributed by atoms with Gasteiger partial charge in [0, 0.05) is 12.7 Å². The van der Waals surface area contributed by atoms with Crippen molar-refractivity contribution in [3.05, 3.63) is 23.9 Å². The molecule has 1 amide bonds. The minimum atomic E-state index is -2.70. The van der Waals surface area contributed by atoms with Gasteiger partial charge in [-0.25, -0.2) is 9.78 Å². The standard InChI is InChI=1S/C12H14F2N2O3S/c1-3-15-9(17)7(2)19-11(18)8-5-4-6-16-10(8)20-12(13)14/h4-7,12H,3H2,1-2H3,(H,15,17)/t7-/m1/s1. The lowest BCUT2D eigenvalue weighted by atomic mass is 10.3. The van der Waals surface area contributed by atoms with Crippen LogP contribution in [0.15, 0.2) is 23.4 Å². The Balaban J connectivity index is 2.79. The van der Waals surface area contributed by atoms with Crippen LogP contribution in [0.3, 0.4) is 0 Å². The lowest BCUT2D eigenvalue weighted by molar-refractivity contribution is -0.128. The Labute approximate surface area is 119 Å². The van der Waals surface area contributed by atoms with E-state index in [-0.39, 0.29) is 22.4 Å². The summed E-state index contributed by atoms with van der Waals surface area (Å²) in [5.74, 6) is -4.01. The molecular weight excluding hydrogens is 290 g/mol. The van der Waals surface area contributed by atoms with Crippen LogP contribution in [0.25, 0.3) is 0 Å². The molecule has 0 aliphatic rings. The summed E-state index contributed by atoms with van der Waals surface area (Å²) in [5, 5.41) is 2.36. The fourth-order valence-electron chi connectivity index (χ4n) is 1.32. The van der Waals surface area contributed by atoms with Crippen molar-refractivity contribution < 1.29 is 23.1 Å². The molecule has 1 aromatic heterocycles. The van der Waals surface area contributed by atoms with E-state index in [2.05, 4.69) is 10.3 Å². The number of hydrogen-bond donors (Lipinski definition) is 1. The molecule has 0 saturated heterocycles. The number of amides is 1. The first-order valence-electron chi connectivity index (χ1n) is 5.84. The minimum Gasteiger partial charge on any atom is -0.449 e. The second-order valence-electron chi connectivity index (χ2n) is 3.68. The van der Waals surface area contributed by atoms with Crippen LogP contribution < -0.4 is 5.32 Å². The van der Waals surface area contributed by atoms with Crippen LogP contribution in [0, 0.1) is 0 Å². The molecular formula is C12H14F2N2O3S. The Bertz CT molecular complexity index is 486. The summed E-state index contributed by atoms with van der Waals surface area (Å²) in [7, 11) is 0. The highest BCUT2D eigenvalue weighted by Gasteiger charge is 2.22. The number of hydrogen-bond acceptors (Lipinski definition) is 5. The van der Waals surface area contributed by atoms with Crippen molar-refractivity contribution in [2.45, 2.75) is 30.7 Å². The monoisotopic (exact) mass is 304 g/mol. The van der Waals surface area contributed by atoms with Crippen molar-refractivity contribution in [3.63, 3.8) is 0 Å². The maximum absolute atomic E-state index is 12.4. The zero-order chi connectivity index (χ0) is 15.1. The molecule has 0 spiro atoms. The molecule has 8 heteroatoms. The topological polar surface area (TPSA) is 68.3 Å². The number of ether oxygens (including phenoxy) is 1. The van der Waals surface area contributed by atoms with Crippen molar-refractivity contribution in [3.8, 4) is 0 Å². The number of rotatable bonds is 6. The van der Waals surface area contributed by atoms with E-state index in [0.29, 0.717) is 6.54 Å². The molecule has 1 aromatic rings. The highest BCUT2D eigenvalue weighted by atomic mass is 32.2. The number of aromatic nitrogens is 1. The largest absolute Gasteiger partial charge is 0.449 e. The summed E-state index contributed by atoms with van der Waals surface area (Å²) < 4.78 is 29.6. The van der Waals surface area contributed by atoms with Gasteiger partial charge >= 0.3 is 5.97 Å². The Morgan fingerprint density at radius 3 is 2.80 bits per heavy atom. The van der Waals surface area contributed by atoms with Gasteiger partial charge in [0.05, 0.1) is 5.56 Å². The van der Waals surface area contributed by atoms with Gasteiger partial charge in [0.25, 0.3) is 11.7 Å². The number of carbonyl (C=O) groups is 2. The van der Waals surface area contributed by atoms with Gasteiger partial charge in [0.15, 0.2) is 6.10 Å². The Hall–Kier alpha value is -1.70. The first kappa shape index (κ1) is 16.4. The fourth-order valence-corrected chi connectivity index (χ4v) is 1.89. The van der Waals surface area contributed by atoms with E-state index in [1.165, 1.54) is 25.3 Å². The van der Waals surface area contributed by atoms with E-state index in [9.17, 15) is 18.4 Å². The fraction of sp³-hybridized carbons (Fsp3) is 0.417. The van der Waals surface area contributed by atoms with E-state index in [1.54, 1.807) is 6.92 Å². The van der Waals surface area contributed by atoms with Gasteiger partial charge in [-0.15, -0.1) is 0 Å². The minimum absolute atomic E-state index is 0.0889. The molecule has 0 aliphatic heterocycles. The van der Waals surface area contributed by atoms with Gasteiger partial charge in [0.2, 0.25) is 0 Å². The summed E-state index contributed by atoms with van der Waals surface area (Å²) in [4.78, 5) is 27.0. The molecule has 1 heterocycles. The lowest BCUT2D eigenvalue weighted by Gasteiger charge is -2.13. The van der Waals surface area contributed by atoms with Crippen LogP contribution in [-0.2, 0) is 9.53 Å². The highest BCUT2D eigenvalue weighted by Crippen LogP contribution is 2.26. The summed E-state index contributed by atoms with van der Waals surface area (Å²) in [6.07, 6.45) is 0.293. The Kier molecular flexibility index (Phi) is 6.37. The number of nitrogens with one attached hydrogen (secondary N) is 1. The van der Waals surface area contributed by atoms with Gasteiger partial charge in [-0.1, -0.05) is 0 Å². The van der Waals surface area contributed by atoms with Crippen LogP contribution >= 0.6 is 11.8 Å². The highest BCUT2D eigenvalue weighted by molar-refractivity contribution is 7.99. The molecule has 1 atom stereocenters. The first-order valence-corrected chi connectivity index (χ1v) is 6.72. The smallest absolute Gasteiger partial charge is 0.341 e. The van der Waals surface area contributed by atoms with Crippen molar-refractivity contribution in [2.24, 2.45) is 0 Å². The summed E-state index contributed by atoms with van der Waals surface area (Å²) in [5.41, 5.74) is -0.0889. The maximum Gasteiger partial charge on any atom is 0.341 e. The summed E-state index contributed by atoms with van der Waals surface area (Å²) in [6, 6.07) is 2.76. The van der Waals surface area contributed by atoms with E-state index < -0.39 is 23.7 Å². The van der Waals surface area contributed by atoms with Gasteiger partial charge in [-0.3, -0.25) is 4.79 Å². The van der Waals surface area contributed by atoms with Crippen LogP contribution in [-0.4, -0.2) is 35.3 Å². The molecule has 0 unspecified atom stereocenters. The molecule has 0 aromatic carbocycles.